The Morgan fingerprint density at radius 2 is 1.76 bits per heavy atom. The molecule has 2 unspecified atom stereocenters. The molecule has 0 N–H and O–H groups in total. The zero-order chi connectivity index (χ0) is 14.9. The van der Waals surface area contributed by atoms with E-state index >= 15 is 0 Å². The van der Waals surface area contributed by atoms with E-state index in [4.69, 9.17) is 4.74 Å². The normalized spacial score (nSPS) is 34.2. The average Bonchev–Trinajstić information content (AvgIpc) is 2.54. The summed E-state index contributed by atoms with van der Waals surface area (Å²) in [4.78, 5) is 0. The lowest BCUT2D eigenvalue weighted by Gasteiger charge is -2.38. The third-order valence-electron chi connectivity index (χ3n) is 5.79. The largest absolute Gasteiger partial charge is 0.498 e. The molecule has 21 heavy (non-hydrogen) atoms. The van der Waals surface area contributed by atoms with Gasteiger partial charge >= 0.3 is 0 Å². The van der Waals surface area contributed by atoms with Crippen LogP contribution in [0.1, 0.15) is 90.9 Å². The van der Waals surface area contributed by atoms with Crippen molar-refractivity contribution in [3.05, 3.63) is 12.3 Å². The molecule has 0 spiro atoms. The van der Waals surface area contributed by atoms with Crippen molar-refractivity contribution in [2.75, 3.05) is 0 Å². The van der Waals surface area contributed by atoms with Gasteiger partial charge in [-0.15, -0.1) is 0 Å². The summed E-state index contributed by atoms with van der Waals surface area (Å²) in [5.41, 5.74) is 0. The highest BCUT2D eigenvalue weighted by molar-refractivity contribution is 4.84. The molecule has 0 amide bonds. The minimum Gasteiger partial charge on any atom is -0.498 e. The molecular formula is C20H36O. The fourth-order valence-electron chi connectivity index (χ4n) is 4.44. The maximum atomic E-state index is 5.94. The van der Waals surface area contributed by atoms with Crippen molar-refractivity contribution in [1.82, 2.24) is 0 Å². The first kappa shape index (κ1) is 16.9. The van der Waals surface area contributed by atoms with Crippen molar-refractivity contribution in [2.45, 2.75) is 97.0 Å². The van der Waals surface area contributed by atoms with Crippen LogP contribution in [0.3, 0.4) is 0 Å². The van der Waals surface area contributed by atoms with E-state index in [0.29, 0.717) is 6.10 Å². The highest BCUT2D eigenvalue weighted by Crippen LogP contribution is 2.41. The summed E-state index contributed by atoms with van der Waals surface area (Å²) >= 11 is 0. The SMILES string of the molecule is CC/C=C/OC1CCCC(C2CCC(CCCC)CC2)C1. The van der Waals surface area contributed by atoms with E-state index in [1.54, 1.807) is 0 Å². The van der Waals surface area contributed by atoms with Gasteiger partial charge in [-0.05, 0) is 62.7 Å². The van der Waals surface area contributed by atoms with Crippen LogP contribution in [0, 0.1) is 17.8 Å². The van der Waals surface area contributed by atoms with Crippen molar-refractivity contribution in [1.29, 1.82) is 0 Å². The van der Waals surface area contributed by atoms with Gasteiger partial charge in [-0.1, -0.05) is 52.0 Å². The van der Waals surface area contributed by atoms with E-state index in [1.165, 1.54) is 70.6 Å². The molecule has 2 aliphatic carbocycles. The first-order chi connectivity index (χ1) is 10.3. The quantitative estimate of drug-likeness (QED) is 0.488. The molecular weight excluding hydrogens is 256 g/mol. The van der Waals surface area contributed by atoms with Crippen LogP contribution < -0.4 is 0 Å². The van der Waals surface area contributed by atoms with Crippen molar-refractivity contribution in [2.24, 2.45) is 17.8 Å². The fourth-order valence-corrected chi connectivity index (χ4v) is 4.44. The monoisotopic (exact) mass is 292 g/mol. The van der Waals surface area contributed by atoms with E-state index < -0.39 is 0 Å². The second kappa shape index (κ2) is 9.54. The van der Waals surface area contributed by atoms with Crippen LogP contribution in [-0.2, 0) is 4.74 Å². The van der Waals surface area contributed by atoms with Crippen molar-refractivity contribution in [3.63, 3.8) is 0 Å². The zero-order valence-electron chi connectivity index (χ0n) is 14.4. The smallest absolute Gasteiger partial charge is 0.0981 e. The molecule has 1 heteroatoms. The van der Waals surface area contributed by atoms with Crippen molar-refractivity contribution in [3.8, 4) is 0 Å². The second-order valence-corrected chi connectivity index (χ2v) is 7.39. The van der Waals surface area contributed by atoms with Crippen LogP contribution in [0.2, 0.25) is 0 Å². The first-order valence-corrected chi connectivity index (χ1v) is 9.63. The van der Waals surface area contributed by atoms with Crippen molar-refractivity contribution < 1.29 is 4.74 Å². The lowest BCUT2D eigenvalue weighted by Crippen LogP contribution is -2.29. The highest BCUT2D eigenvalue weighted by atomic mass is 16.5. The van der Waals surface area contributed by atoms with E-state index in [0.717, 1.165) is 24.2 Å². The predicted octanol–water partition coefficient (Wildman–Crippen LogP) is 6.48. The van der Waals surface area contributed by atoms with Crippen LogP contribution in [0.25, 0.3) is 0 Å². The lowest BCUT2D eigenvalue weighted by atomic mass is 9.70. The van der Waals surface area contributed by atoms with Gasteiger partial charge in [0.25, 0.3) is 0 Å². The molecule has 1 nitrogen and oxygen atoms in total. The van der Waals surface area contributed by atoms with Gasteiger partial charge in [-0.25, -0.2) is 0 Å². The van der Waals surface area contributed by atoms with Crippen LogP contribution in [-0.4, -0.2) is 6.10 Å². The molecule has 0 aromatic carbocycles. The summed E-state index contributed by atoms with van der Waals surface area (Å²) in [5, 5.41) is 0. The average molecular weight is 293 g/mol. The van der Waals surface area contributed by atoms with Crippen LogP contribution in [0.4, 0.5) is 0 Å². The summed E-state index contributed by atoms with van der Waals surface area (Å²) in [6.45, 7) is 4.49. The number of hydrogen-bond acceptors (Lipinski definition) is 1. The molecule has 2 aliphatic rings. The van der Waals surface area contributed by atoms with Gasteiger partial charge < -0.3 is 4.74 Å². The number of allylic oxidation sites excluding steroid dienone is 1. The minimum atomic E-state index is 0.504. The Bertz CT molecular complexity index is 288. The Labute approximate surface area is 132 Å². The molecule has 0 aliphatic heterocycles. The summed E-state index contributed by atoms with van der Waals surface area (Å²) < 4.78 is 5.94. The Kier molecular flexibility index (Phi) is 7.68. The zero-order valence-corrected chi connectivity index (χ0v) is 14.4. The van der Waals surface area contributed by atoms with Gasteiger partial charge in [0.15, 0.2) is 0 Å². The van der Waals surface area contributed by atoms with Crippen LogP contribution in [0.15, 0.2) is 12.3 Å². The van der Waals surface area contributed by atoms with Gasteiger partial charge in [-0.2, -0.15) is 0 Å². The standard InChI is InChI=1S/C20H36O/c1-3-5-8-17-11-13-18(14-12-17)19-9-7-10-20(16-19)21-15-6-4-2/h6,15,17-20H,3-5,7-14,16H2,1-2H3/b15-6+. The summed E-state index contributed by atoms with van der Waals surface area (Å²) in [5.74, 6) is 3.00. The molecule has 2 rings (SSSR count). The maximum absolute atomic E-state index is 5.94. The predicted molar refractivity (Wildman–Crippen MR) is 91.2 cm³/mol. The third kappa shape index (κ3) is 5.68. The Morgan fingerprint density at radius 1 is 0.952 bits per heavy atom. The van der Waals surface area contributed by atoms with E-state index in [2.05, 4.69) is 19.9 Å². The minimum absolute atomic E-state index is 0.504. The molecule has 0 bridgehead atoms. The molecule has 0 heterocycles. The fraction of sp³-hybridized carbons (Fsp3) is 0.900. The Morgan fingerprint density at radius 3 is 2.48 bits per heavy atom. The number of rotatable bonds is 7. The Hall–Kier alpha value is -0.460. The van der Waals surface area contributed by atoms with Gasteiger partial charge in [0, 0.05) is 0 Å². The van der Waals surface area contributed by atoms with E-state index in [1.807, 2.05) is 6.26 Å². The molecule has 2 fully saturated rings. The number of ether oxygens (including phenoxy) is 1. The maximum Gasteiger partial charge on any atom is 0.0981 e. The summed E-state index contributed by atoms with van der Waals surface area (Å²) in [6.07, 6.45) is 21.4. The summed E-state index contributed by atoms with van der Waals surface area (Å²) in [7, 11) is 0. The third-order valence-corrected chi connectivity index (χ3v) is 5.79. The lowest BCUT2D eigenvalue weighted by molar-refractivity contribution is 0.0510. The first-order valence-electron chi connectivity index (χ1n) is 9.63. The molecule has 0 radical (unpaired) electrons. The van der Waals surface area contributed by atoms with Crippen molar-refractivity contribution >= 4 is 0 Å². The van der Waals surface area contributed by atoms with Crippen LogP contribution >= 0.6 is 0 Å². The highest BCUT2D eigenvalue weighted by Gasteiger charge is 2.31. The van der Waals surface area contributed by atoms with E-state index in [-0.39, 0.29) is 0 Å². The van der Waals surface area contributed by atoms with Gasteiger partial charge in [0.1, 0.15) is 0 Å². The molecule has 0 aromatic heterocycles. The topological polar surface area (TPSA) is 9.23 Å². The summed E-state index contributed by atoms with van der Waals surface area (Å²) in [6, 6.07) is 0. The van der Waals surface area contributed by atoms with Gasteiger partial charge in [0.2, 0.25) is 0 Å². The molecule has 122 valence electrons. The molecule has 0 aromatic rings. The number of unbranched alkanes of at least 4 members (excludes halogenated alkanes) is 1. The molecule has 2 atom stereocenters. The molecule has 0 saturated heterocycles. The second-order valence-electron chi connectivity index (χ2n) is 7.39. The Balaban J connectivity index is 1.71. The van der Waals surface area contributed by atoms with Crippen LogP contribution in [0.5, 0.6) is 0 Å². The van der Waals surface area contributed by atoms with Gasteiger partial charge in [0.05, 0.1) is 12.4 Å². The van der Waals surface area contributed by atoms with E-state index in [9.17, 15) is 0 Å². The molecule has 2 saturated carbocycles. The number of hydrogen-bond donors (Lipinski definition) is 0. The van der Waals surface area contributed by atoms with Gasteiger partial charge in [-0.3, -0.25) is 0 Å².